The van der Waals surface area contributed by atoms with Gasteiger partial charge in [0.25, 0.3) is 0 Å². The maximum atomic E-state index is 4.75. The van der Waals surface area contributed by atoms with E-state index in [4.69, 9.17) is 4.99 Å². The Morgan fingerprint density at radius 1 is 1.23 bits per heavy atom. The Morgan fingerprint density at radius 3 is 2.62 bits per heavy atom. The molecule has 0 aliphatic carbocycles. The molecule has 0 unspecified atom stereocenters. The van der Waals surface area contributed by atoms with Gasteiger partial charge in [0.15, 0.2) is 5.96 Å². The van der Waals surface area contributed by atoms with Gasteiger partial charge in [0.05, 0.1) is 6.54 Å². The van der Waals surface area contributed by atoms with Crippen LogP contribution in [0, 0.1) is 0 Å². The van der Waals surface area contributed by atoms with Crippen molar-refractivity contribution in [2.45, 2.75) is 39.8 Å². The highest BCUT2D eigenvalue weighted by Crippen LogP contribution is 2.07. The van der Waals surface area contributed by atoms with Gasteiger partial charge in [-0.3, -0.25) is 4.99 Å². The molecule has 0 aliphatic rings. The van der Waals surface area contributed by atoms with Crippen LogP contribution in [0.4, 0.5) is 0 Å². The molecule has 6 nitrogen and oxygen atoms in total. The zero-order valence-corrected chi connectivity index (χ0v) is 16.1. The number of nitrogens with zero attached hydrogens (tertiary/aromatic N) is 5. The molecule has 1 N–H and O–H groups in total. The van der Waals surface area contributed by atoms with Crippen molar-refractivity contribution in [2.75, 3.05) is 20.1 Å². The largest absolute Gasteiger partial charge is 0.353 e. The summed E-state index contributed by atoms with van der Waals surface area (Å²) >= 11 is 0. The minimum atomic E-state index is 0.670. The number of aliphatic imine (C=N–C) groups is 1. The number of benzene rings is 1. The second-order valence-electron chi connectivity index (χ2n) is 6.20. The molecule has 1 aromatic carbocycles. The second kappa shape index (κ2) is 10.4. The van der Waals surface area contributed by atoms with Crippen LogP contribution in [0.15, 0.2) is 48.2 Å². The Morgan fingerprint density at radius 2 is 1.96 bits per heavy atom. The van der Waals surface area contributed by atoms with Crippen LogP contribution in [0.3, 0.4) is 0 Å². The van der Waals surface area contributed by atoms with Gasteiger partial charge in [0.2, 0.25) is 0 Å². The van der Waals surface area contributed by atoms with E-state index in [1.54, 1.807) is 6.33 Å². The third kappa shape index (κ3) is 5.72. The van der Waals surface area contributed by atoms with Crippen molar-refractivity contribution >= 4 is 5.96 Å². The molecule has 0 bridgehead atoms. The summed E-state index contributed by atoms with van der Waals surface area (Å²) in [5, 5.41) is 11.4. The molecule has 0 saturated heterocycles. The number of hydrogen-bond acceptors (Lipinski definition) is 3. The van der Waals surface area contributed by atoms with Crippen LogP contribution in [0.25, 0.3) is 0 Å². The average molecular weight is 355 g/mol. The van der Waals surface area contributed by atoms with Crippen molar-refractivity contribution in [3.63, 3.8) is 0 Å². The van der Waals surface area contributed by atoms with Crippen LogP contribution < -0.4 is 5.32 Å². The number of rotatable bonds is 9. The van der Waals surface area contributed by atoms with Gasteiger partial charge >= 0.3 is 0 Å². The molecule has 2 aromatic rings. The number of hydrogen-bond donors (Lipinski definition) is 1. The summed E-state index contributed by atoms with van der Waals surface area (Å²) < 4.78 is 2.05. The fourth-order valence-corrected chi connectivity index (χ4v) is 2.71. The fraction of sp³-hybridized carbons (Fsp3) is 0.450. The van der Waals surface area contributed by atoms with Gasteiger partial charge in [-0.05, 0) is 17.5 Å². The standard InChI is InChI=1S/C20H30N6/c1-5-12-21-20(22-13-14-26-16-23-24-19(26)7-3)25(4)15-18-10-8-17(6-2)9-11-18/h5,8-11,16H,1,6-7,12-15H2,2-4H3,(H,21,22). The Kier molecular flexibility index (Phi) is 7.86. The molecule has 0 fully saturated rings. The van der Waals surface area contributed by atoms with E-state index < -0.39 is 0 Å². The first-order chi connectivity index (χ1) is 12.7. The third-order valence-electron chi connectivity index (χ3n) is 4.23. The fourth-order valence-electron chi connectivity index (χ4n) is 2.71. The van der Waals surface area contributed by atoms with Crippen LogP contribution in [-0.2, 0) is 25.9 Å². The van der Waals surface area contributed by atoms with E-state index >= 15 is 0 Å². The lowest BCUT2D eigenvalue weighted by Crippen LogP contribution is -2.39. The van der Waals surface area contributed by atoms with E-state index in [1.807, 2.05) is 6.08 Å². The summed E-state index contributed by atoms with van der Waals surface area (Å²) in [5.41, 5.74) is 2.63. The predicted molar refractivity (Wildman–Crippen MR) is 107 cm³/mol. The SMILES string of the molecule is C=CCNC(=NCCn1cnnc1CC)N(C)Cc1ccc(CC)cc1. The first-order valence-electron chi connectivity index (χ1n) is 9.22. The van der Waals surface area contributed by atoms with Crippen molar-refractivity contribution in [3.8, 4) is 0 Å². The first-order valence-corrected chi connectivity index (χ1v) is 9.22. The van der Waals surface area contributed by atoms with E-state index in [2.05, 4.69) is 76.7 Å². The molecule has 2 rings (SSSR count). The van der Waals surface area contributed by atoms with Crippen molar-refractivity contribution in [2.24, 2.45) is 4.99 Å². The average Bonchev–Trinajstić information content (AvgIpc) is 3.12. The highest BCUT2D eigenvalue weighted by molar-refractivity contribution is 5.79. The van der Waals surface area contributed by atoms with Gasteiger partial charge in [-0.15, -0.1) is 16.8 Å². The summed E-state index contributed by atoms with van der Waals surface area (Å²) in [4.78, 5) is 6.88. The molecule has 0 amide bonds. The molecule has 0 saturated carbocycles. The molecule has 1 aromatic heterocycles. The van der Waals surface area contributed by atoms with Crippen molar-refractivity contribution in [1.82, 2.24) is 25.0 Å². The number of aryl methyl sites for hydroxylation is 2. The van der Waals surface area contributed by atoms with Crippen molar-refractivity contribution < 1.29 is 0 Å². The maximum Gasteiger partial charge on any atom is 0.194 e. The van der Waals surface area contributed by atoms with Crippen LogP contribution >= 0.6 is 0 Å². The van der Waals surface area contributed by atoms with Gasteiger partial charge in [-0.25, -0.2) is 0 Å². The predicted octanol–water partition coefficient (Wildman–Crippen LogP) is 2.67. The Labute approximate surface area is 156 Å². The highest BCUT2D eigenvalue weighted by atomic mass is 15.3. The summed E-state index contributed by atoms with van der Waals surface area (Å²) in [7, 11) is 2.05. The lowest BCUT2D eigenvalue weighted by Gasteiger charge is -2.22. The van der Waals surface area contributed by atoms with E-state index in [9.17, 15) is 0 Å². The second-order valence-corrected chi connectivity index (χ2v) is 6.20. The topological polar surface area (TPSA) is 58.3 Å². The number of nitrogens with one attached hydrogen (secondary N) is 1. The first kappa shape index (κ1) is 19.7. The minimum Gasteiger partial charge on any atom is -0.353 e. The zero-order chi connectivity index (χ0) is 18.8. The van der Waals surface area contributed by atoms with Crippen LogP contribution in [0.2, 0.25) is 0 Å². The monoisotopic (exact) mass is 354 g/mol. The van der Waals surface area contributed by atoms with Gasteiger partial charge < -0.3 is 14.8 Å². The Balaban J connectivity index is 2.00. The van der Waals surface area contributed by atoms with Gasteiger partial charge in [-0.1, -0.05) is 44.2 Å². The van der Waals surface area contributed by atoms with Gasteiger partial charge in [0.1, 0.15) is 12.2 Å². The highest BCUT2D eigenvalue weighted by Gasteiger charge is 2.07. The lowest BCUT2D eigenvalue weighted by molar-refractivity contribution is 0.477. The van der Waals surface area contributed by atoms with Crippen molar-refractivity contribution in [3.05, 3.63) is 60.2 Å². The molecule has 0 aliphatic heterocycles. The molecule has 1 heterocycles. The van der Waals surface area contributed by atoms with Crippen LogP contribution in [0.1, 0.15) is 30.8 Å². The molecule has 26 heavy (non-hydrogen) atoms. The molecular formula is C20H30N6. The smallest absolute Gasteiger partial charge is 0.194 e. The molecule has 6 heteroatoms. The molecular weight excluding hydrogens is 324 g/mol. The van der Waals surface area contributed by atoms with Gasteiger partial charge in [-0.2, -0.15) is 0 Å². The molecule has 0 atom stereocenters. The van der Waals surface area contributed by atoms with E-state index in [-0.39, 0.29) is 0 Å². The normalized spacial score (nSPS) is 11.4. The maximum absolute atomic E-state index is 4.75. The number of guanidine groups is 1. The van der Waals surface area contributed by atoms with E-state index in [0.717, 1.165) is 37.7 Å². The quantitative estimate of drug-likeness (QED) is 0.427. The summed E-state index contributed by atoms with van der Waals surface area (Å²) in [5.74, 6) is 1.86. The molecule has 140 valence electrons. The third-order valence-corrected chi connectivity index (χ3v) is 4.23. The van der Waals surface area contributed by atoms with Crippen LogP contribution in [0.5, 0.6) is 0 Å². The number of aromatic nitrogens is 3. The molecule has 0 radical (unpaired) electrons. The Bertz CT molecular complexity index is 701. The van der Waals surface area contributed by atoms with E-state index in [1.165, 1.54) is 11.1 Å². The summed E-state index contributed by atoms with van der Waals surface area (Å²) in [6.07, 6.45) is 5.55. The van der Waals surface area contributed by atoms with Crippen molar-refractivity contribution in [1.29, 1.82) is 0 Å². The van der Waals surface area contributed by atoms with E-state index in [0.29, 0.717) is 13.1 Å². The van der Waals surface area contributed by atoms with Crippen LogP contribution in [-0.4, -0.2) is 45.8 Å². The summed E-state index contributed by atoms with van der Waals surface area (Å²) in [6, 6.07) is 8.75. The lowest BCUT2D eigenvalue weighted by atomic mass is 10.1. The summed E-state index contributed by atoms with van der Waals surface area (Å²) in [6.45, 7) is 11.0. The van der Waals surface area contributed by atoms with Gasteiger partial charge in [0, 0.05) is 33.1 Å². The minimum absolute atomic E-state index is 0.670. The molecule has 0 spiro atoms. The zero-order valence-electron chi connectivity index (χ0n) is 16.1. The Hall–Kier alpha value is -2.63.